The van der Waals surface area contributed by atoms with Gasteiger partial charge in [-0.2, -0.15) is 5.10 Å². The van der Waals surface area contributed by atoms with Crippen LogP contribution in [-0.4, -0.2) is 34.2 Å². The van der Waals surface area contributed by atoms with E-state index in [0.29, 0.717) is 16.7 Å². The Balaban J connectivity index is 1.43. The van der Waals surface area contributed by atoms with Crippen LogP contribution in [0.1, 0.15) is 34.1 Å². The third-order valence-electron chi connectivity index (χ3n) is 4.08. The van der Waals surface area contributed by atoms with Crippen LogP contribution in [0.2, 0.25) is 0 Å². The molecule has 3 aromatic heterocycles. The van der Waals surface area contributed by atoms with E-state index < -0.39 is 0 Å². The van der Waals surface area contributed by atoms with Gasteiger partial charge < -0.3 is 5.32 Å². The molecule has 1 saturated heterocycles. The molecule has 1 aliphatic heterocycles. The molecule has 4 heterocycles. The number of H-pyrrole nitrogens is 1. The first kappa shape index (κ1) is 15.5. The fraction of sp³-hybridized carbons (Fsp3) is 0.312. The molecule has 0 unspecified atom stereocenters. The lowest BCUT2D eigenvalue weighted by Crippen LogP contribution is -2.26. The molecule has 3 N–H and O–H groups in total. The van der Waals surface area contributed by atoms with Gasteiger partial charge in [-0.3, -0.25) is 15.2 Å². The lowest BCUT2D eigenvalue weighted by atomic mass is 9.97. The van der Waals surface area contributed by atoms with Crippen LogP contribution in [0.15, 0.2) is 29.8 Å². The summed E-state index contributed by atoms with van der Waals surface area (Å²) >= 11 is 3.17. The number of nitrogens with one attached hydrogen (secondary N) is 3. The lowest BCUT2D eigenvalue weighted by Gasteiger charge is -2.20. The SMILES string of the molecule is O=C(Nc1ncc(C2CCNCC2)s1)c1cc(-c2cccs2)[nH]n1. The number of piperidine rings is 1. The Labute approximate surface area is 147 Å². The number of rotatable bonds is 4. The first-order chi connectivity index (χ1) is 11.8. The van der Waals surface area contributed by atoms with Gasteiger partial charge in [0, 0.05) is 11.1 Å². The van der Waals surface area contributed by atoms with Crippen LogP contribution in [0.5, 0.6) is 0 Å². The van der Waals surface area contributed by atoms with Crippen molar-refractivity contribution in [3.05, 3.63) is 40.3 Å². The molecule has 0 aromatic carbocycles. The van der Waals surface area contributed by atoms with E-state index in [9.17, 15) is 4.79 Å². The number of aromatic nitrogens is 3. The Morgan fingerprint density at radius 1 is 1.33 bits per heavy atom. The van der Waals surface area contributed by atoms with E-state index in [1.165, 1.54) is 4.88 Å². The Morgan fingerprint density at radius 2 is 2.21 bits per heavy atom. The average Bonchev–Trinajstić information content (AvgIpc) is 3.36. The van der Waals surface area contributed by atoms with E-state index in [0.717, 1.165) is 36.5 Å². The van der Waals surface area contributed by atoms with Crippen molar-refractivity contribution < 1.29 is 4.79 Å². The number of carbonyl (C=O) groups excluding carboxylic acids is 1. The zero-order chi connectivity index (χ0) is 16.4. The Hall–Kier alpha value is -2.03. The molecule has 0 aliphatic carbocycles. The highest BCUT2D eigenvalue weighted by atomic mass is 32.1. The second-order valence-corrected chi connectivity index (χ2v) is 7.70. The number of aromatic amines is 1. The van der Waals surface area contributed by atoms with Crippen LogP contribution >= 0.6 is 22.7 Å². The quantitative estimate of drug-likeness (QED) is 0.667. The number of nitrogens with zero attached hydrogens (tertiary/aromatic N) is 2. The van der Waals surface area contributed by atoms with Crippen molar-refractivity contribution in [2.75, 3.05) is 18.4 Å². The summed E-state index contributed by atoms with van der Waals surface area (Å²) in [5, 5.41) is 15.9. The highest BCUT2D eigenvalue weighted by Gasteiger charge is 2.19. The predicted octanol–water partition coefficient (Wildman–Crippen LogP) is 3.31. The molecule has 8 heteroatoms. The molecule has 24 heavy (non-hydrogen) atoms. The summed E-state index contributed by atoms with van der Waals surface area (Å²) in [7, 11) is 0. The van der Waals surface area contributed by atoms with Gasteiger partial charge in [0.25, 0.3) is 5.91 Å². The first-order valence-corrected chi connectivity index (χ1v) is 9.56. The van der Waals surface area contributed by atoms with Gasteiger partial charge in [0.05, 0.1) is 10.6 Å². The van der Waals surface area contributed by atoms with Gasteiger partial charge in [0.1, 0.15) is 0 Å². The van der Waals surface area contributed by atoms with Crippen molar-refractivity contribution in [3.8, 4) is 10.6 Å². The second kappa shape index (κ2) is 6.84. The van der Waals surface area contributed by atoms with Crippen molar-refractivity contribution in [3.63, 3.8) is 0 Å². The van der Waals surface area contributed by atoms with Crippen LogP contribution in [-0.2, 0) is 0 Å². The zero-order valence-corrected chi connectivity index (χ0v) is 14.5. The van der Waals surface area contributed by atoms with Crippen molar-refractivity contribution in [1.82, 2.24) is 20.5 Å². The summed E-state index contributed by atoms with van der Waals surface area (Å²) in [5.41, 5.74) is 1.22. The molecule has 4 rings (SSSR count). The molecule has 1 aliphatic rings. The molecule has 0 radical (unpaired) electrons. The molecule has 1 fully saturated rings. The van der Waals surface area contributed by atoms with Gasteiger partial charge in [0.2, 0.25) is 0 Å². The topological polar surface area (TPSA) is 82.7 Å². The largest absolute Gasteiger partial charge is 0.317 e. The highest BCUT2D eigenvalue weighted by Crippen LogP contribution is 2.32. The van der Waals surface area contributed by atoms with Crippen molar-refractivity contribution in [2.24, 2.45) is 0 Å². The van der Waals surface area contributed by atoms with Crippen LogP contribution in [0.25, 0.3) is 10.6 Å². The van der Waals surface area contributed by atoms with Gasteiger partial charge >= 0.3 is 0 Å². The monoisotopic (exact) mass is 359 g/mol. The number of hydrogen-bond acceptors (Lipinski definition) is 6. The number of amides is 1. The molecular formula is C16H17N5OS2. The summed E-state index contributed by atoms with van der Waals surface area (Å²) in [4.78, 5) is 19.0. The third-order valence-corrected chi connectivity index (χ3v) is 6.06. The number of thiazole rings is 1. The minimum atomic E-state index is -0.236. The summed E-state index contributed by atoms with van der Waals surface area (Å²) in [6, 6.07) is 5.73. The van der Waals surface area contributed by atoms with Gasteiger partial charge in [-0.15, -0.1) is 22.7 Å². The average molecular weight is 359 g/mol. The molecule has 0 bridgehead atoms. The van der Waals surface area contributed by atoms with Crippen LogP contribution in [0.4, 0.5) is 5.13 Å². The van der Waals surface area contributed by atoms with Gasteiger partial charge in [-0.1, -0.05) is 6.07 Å². The molecular weight excluding hydrogens is 342 g/mol. The minimum absolute atomic E-state index is 0.236. The molecule has 6 nitrogen and oxygen atoms in total. The Bertz CT molecular complexity index is 817. The Kier molecular flexibility index (Phi) is 4.42. The fourth-order valence-corrected chi connectivity index (χ4v) is 4.47. The Morgan fingerprint density at radius 3 is 3.00 bits per heavy atom. The van der Waals surface area contributed by atoms with E-state index in [2.05, 4.69) is 25.8 Å². The second-order valence-electron chi connectivity index (χ2n) is 5.69. The number of hydrogen-bond donors (Lipinski definition) is 3. The van der Waals surface area contributed by atoms with Crippen molar-refractivity contribution in [2.45, 2.75) is 18.8 Å². The first-order valence-electron chi connectivity index (χ1n) is 7.86. The number of carbonyl (C=O) groups is 1. The normalized spacial score (nSPS) is 15.5. The number of anilines is 1. The summed E-state index contributed by atoms with van der Waals surface area (Å²) in [5.74, 6) is 0.311. The van der Waals surface area contributed by atoms with E-state index in [-0.39, 0.29) is 5.91 Å². The smallest absolute Gasteiger partial charge is 0.277 e. The summed E-state index contributed by atoms with van der Waals surface area (Å²) < 4.78 is 0. The van der Waals surface area contributed by atoms with Crippen molar-refractivity contribution in [1.29, 1.82) is 0 Å². The van der Waals surface area contributed by atoms with E-state index >= 15 is 0 Å². The molecule has 3 aromatic rings. The van der Waals surface area contributed by atoms with E-state index in [1.807, 2.05) is 23.7 Å². The molecule has 124 valence electrons. The minimum Gasteiger partial charge on any atom is -0.317 e. The van der Waals surface area contributed by atoms with Crippen LogP contribution in [0.3, 0.4) is 0 Å². The van der Waals surface area contributed by atoms with Gasteiger partial charge in [-0.05, 0) is 49.4 Å². The van der Waals surface area contributed by atoms with E-state index in [1.54, 1.807) is 28.7 Å². The van der Waals surface area contributed by atoms with Crippen LogP contribution < -0.4 is 10.6 Å². The van der Waals surface area contributed by atoms with E-state index in [4.69, 9.17) is 0 Å². The summed E-state index contributed by atoms with van der Waals surface area (Å²) in [6.07, 6.45) is 4.14. The molecule has 0 spiro atoms. The zero-order valence-electron chi connectivity index (χ0n) is 12.9. The van der Waals surface area contributed by atoms with Gasteiger partial charge in [0.15, 0.2) is 10.8 Å². The standard InChI is InChI=1S/C16H17N5OS2/c22-15(12-8-11(20-21-12)13-2-1-7-23-13)19-16-18-9-14(24-16)10-3-5-17-6-4-10/h1-2,7-10,17H,3-6H2,(H,20,21)(H,18,19,22). The molecule has 0 atom stereocenters. The third kappa shape index (κ3) is 3.26. The van der Waals surface area contributed by atoms with Crippen molar-refractivity contribution >= 4 is 33.7 Å². The van der Waals surface area contributed by atoms with Gasteiger partial charge in [-0.25, -0.2) is 4.98 Å². The summed E-state index contributed by atoms with van der Waals surface area (Å²) in [6.45, 7) is 2.09. The predicted molar refractivity (Wildman–Crippen MR) is 96.8 cm³/mol. The molecule has 0 saturated carbocycles. The highest BCUT2D eigenvalue weighted by molar-refractivity contribution is 7.15. The fourth-order valence-electron chi connectivity index (χ4n) is 2.80. The maximum Gasteiger partial charge on any atom is 0.277 e. The van der Waals surface area contributed by atoms with Crippen LogP contribution in [0, 0.1) is 0 Å². The lowest BCUT2D eigenvalue weighted by molar-refractivity contribution is 0.102. The maximum atomic E-state index is 12.3. The number of thiophene rings is 1. The molecule has 1 amide bonds. The maximum absolute atomic E-state index is 12.3.